The first-order valence-electron chi connectivity index (χ1n) is 6.65. The van der Waals surface area contributed by atoms with Crippen molar-refractivity contribution in [1.82, 2.24) is 24.8 Å². The average Bonchev–Trinajstić information content (AvgIpc) is 2.96. The molecule has 0 bridgehead atoms. The van der Waals surface area contributed by atoms with Gasteiger partial charge in [0.25, 0.3) is 0 Å². The molecule has 0 unspecified atom stereocenters. The van der Waals surface area contributed by atoms with E-state index in [0.29, 0.717) is 12.4 Å². The molecule has 2 aromatic heterocycles. The molecule has 0 aliphatic carbocycles. The Morgan fingerprint density at radius 1 is 1.37 bits per heavy atom. The van der Waals surface area contributed by atoms with Crippen LogP contribution in [0.25, 0.3) is 0 Å². The quantitative estimate of drug-likeness (QED) is 0.762. The zero-order chi connectivity index (χ0) is 13.7. The van der Waals surface area contributed by atoms with Gasteiger partial charge in [-0.05, 0) is 13.5 Å². The number of unbranched alkanes of at least 4 members (excludes halogenated alkanes) is 1. The van der Waals surface area contributed by atoms with Gasteiger partial charge in [0.2, 0.25) is 5.89 Å². The van der Waals surface area contributed by atoms with E-state index < -0.39 is 0 Å². The SMILES string of the molecule is CCCCc1noc(CN(C)Cc2cnn(C)c2)n1. The summed E-state index contributed by atoms with van der Waals surface area (Å²) >= 11 is 0. The molecule has 0 fully saturated rings. The lowest BCUT2D eigenvalue weighted by atomic mass is 10.2. The molecule has 2 aromatic rings. The Kier molecular flexibility index (Phi) is 4.68. The van der Waals surface area contributed by atoms with Crippen LogP contribution in [-0.2, 0) is 26.6 Å². The van der Waals surface area contributed by atoms with Crippen LogP contribution in [0.4, 0.5) is 0 Å². The predicted octanol–water partition coefficient (Wildman–Crippen LogP) is 1.78. The van der Waals surface area contributed by atoms with Gasteiger partial charge in [0.15, 0.2) is 5.82 Å². The molecule has 0 amide bonds. The molecule has 2 rings (SSSR count). The van der Waals surface area contributed by atoms with Crippen LogP contribution in [0.3, 0.4) is 0 Å². The molecule has 0 saturated heterocycles. The molecule has 0 aliphatic rings. The van der Waals surface area contributed by atoms with E-state index in [4.69, 9.17) is 4.52 Å². The van der Waals surface area contributed by atoms with Crippen molar-refractivity contribution >= 4 is 0 Å². The summed E-state index contributed by atoms with van der Waals surface area (Å²) in [6, 6.07) is 0. The number of hydrogen-bond acceptors (Lipinski definition) is 5. The average molecular weight is 263 g/mol. The predicted molar refractivity (Wildman–Crippen MR) is 71.3 cm³/mol. The molecular formula is C13H21N5O. The molecule has 6 heteroatoms. The fourth-order valence-corrected chi connectivity index (χ4v) is 1.94. The van der Waals surface area contributed by atoms with Gasteiger partial charge >= 0.3 is 0 Å². The van der Waals surface area contributed by atoms with Crippen molar-refractivity contribution in [2.45, 2.75) is 39.3 Å². The van der Waals surface area contributed by atoms with E-state index in [1.807, 2.05) is 26.5 Å². The van der Waals surface area contributed by atoms with E-state index in [1.165, 1.54) is 5.56 Å². The lowest BCUT2D eigenvalue weighted by Crippen LogP contribution is -2.17. The second-order valence-electron chi connectivity index (χ2n) is 4.90. The number of aryl methyl sites for hydroxylation is 2. The van der Waals surface area contributed by atoms with Gasteiger partial charge in [0.1, 0.15) is 0 Å². The van der Waals surface area contributed by atoms with E-state index in [2.05, 4.69) is 27.1 Å². The van der Waals surface area contributed by atoms with E-state index >= 15 is 0 Å². The van der Waals surface area contributed by atoms with Crippen molar-refractivity contribution in [2.75, 3.05) is 7.05 Å². The molecule has 0 radical (unpaired) electrons. The molecule has 2 heterocycles. The summed E-state index contributed by atoms with van der Waals surface area (Å²) < 4.78 is 7.06. The maximum Gasteiger partial charge on any atom is 0.240 e. The van der Waals surface area contributed by atoms with Crippen LogP contribution in [-0.4, -0.2) is 31.9 Å². The maximum absolute atomic E-state index is 5.25. The third-order valence-corrected chi connectivity index (χ3v) is 2.88. The minimum atomic E-state index is 0.661. The molecule has 6 nitrogen and oxygen atoms in total. The molecule has 0 atom stereocenters. The zero-order valence-electron chi connectivity index (χ0n) is 11.8. The van der Waals surface area contributed by atoms with Crippen molar-refractivity contribution in [3.63, 3.8) is 0 Å². The smallest absolute Gasteiger partial charge is 0.240 e. The van der Waals surface area contributed by atoms with E-state index in [0.717, 1.165) is 31.6 Å². The summed E-state index contributed by atoms with van der Waals surface area (Å²) in [7, 11) is 3.95. The fourth-order valence-electron chi connectivity index (χ4n) is 1.94. The Bertz CT molecular complexity index is 505. The normalized spacial score (nSPS) is 11.4. The van der Waals surface area contributed by atoms with Crippen LogP contribution >= 0.6 is 0 Å². The molecule has 0 N–H and O–H groups in total. The van der Waals surface area contributed by atoms with E-state index in [-0.39, 0.29) is 0 Å². The third-order valence-electron chi connectivity index (χ3n) is 2.88. The Morgan fingerprint density at radius 3 is 2.89 bits per heavy atom. The Balaban J connectivity index is 1.84. The number of aromatic nitrogens is 4. The monoisotopic (exact) mass is 263 g/mol. The Hall–Kier alpha value is -1.69. The first-order chi connectivity index (χ1) is 9.17. The van der Waals surface area contributed by atoms with Crippen LogP contribution < -0.4 is 0 Å². The van der Waals surface area contributed by atoms with Gasteiger partial charge in [0.05, 0.1) is 12.7 Å². The van der Waals surface area contributed by atoms with Crippen LogP contribution in [0.15, 0.2) is 16.9 Å². The summed E-state index contributed by atoms with van der Waals surface area (Å²) in [5, 5.41) is 8.14. The van der Waals surface area contributed by atoms with Gasteiger partial charge in [-0.3, -0.25) is 9.58 Å². The summed E-state index contributed by atoms with van der Waals surface area (Å²) in [4.78, 5) is 6.53. The Labute approximate surface area is 113 Å². The van der Waals surface area contributed by atoms with Gasteiger partial charge in [-0.2, -0.15) is 10.1 Å². The standard InChI is InChI=1S/C13H21N5O/c1-4-5-6-12-15-13(19-16-12)10-17(2)8-11-7-14-18(3)9-11/h7,9H,4-6,8,10H2,1-3H3. The highest BCUT2D eigenvalue weighted by molar-refractivity contribution is 5.03. The molecule has 0 aliphatic heterocycles. The second kappa shape index (κ2) is 6.47. The van der Waals surface area contributed by atoms with Crippen LogP contribution in [0.1, 0.15) is 37.0 Å². The molecule has 104 valence electrons. The minimum absolute atomic E-state index is 0.661. The van der Waals surface area contributed by atoms with Crippen LogP contribution in [0.2, 0.25) is 0 Å². The van der Waals surface area contributed by atoms with Gasteiger partial charge in [-0.1, -0.05) is 18.5 Å². The molecule has 0 aromatic carbocycles. The first-order valence-corrected chi connectivity index (χ1v) is 6.65. The topological polar surface area (TPSA) is 60.0 Å². The van der Waals surface area contributed by atoms with Crippen LogP contribution in [0.5, 0.6) is 0 Å². The number of rotatable bonds is 7. The fraction of sp³-hybridized carbons (Fsp3) is 0.615. The van der Waals surface area contributed by atoms with Gasteiger partial charge < -0.3 is 4.52 Å². The third kappa shape index (κ3) is 4.17. The Morgan fingerprint density at radius 2 is 2.21 bits per heavy atom. The molecule has 19 heavy (non-hydrogen) atoms. The van der Waals surface area contributed by atoms with Crippen molar-refractivity contribution in [2.24, 2.45) is 7.05 Å². The second-order valence-corrected chi connectivity index (χ2v) is 4.90. The van der Waals surface area contributed by atoms with E-state index in [9.17, 15) is 0 Å². The van der Waals surface area contributed by atoms with Crippen molar-refractivity contribution in [1.29, 1.82) is 0 Å². The number of nitrogens with zero attached hydrogens (tertiary/aromatic N) is 5. The highest BCUT2D eigenvalue weighted by atomic mass is 16.5. The maximum atomic E-state index is 5.25. The highest BCUT2D eigenvalue weighted by Crippen LogP contribution is 2.07. The molecular weight excluding hydrogens is 242 g/mol. The van der Waals surface area contributed by atoms with Crippen molar-refractivity contribution in [3.8, 4) is 0 Å². The van der Waals surface area contributed by atoms with Crippen molar-refractivity contribution in [3.05, 3.63) is 29.7 Å². The lowest BCUT2D eigenvalue weighted by molar-refractivity contribution is 0.260. The van der Waals surface area contributed by atoms with Crippen molar-refractivity contribution < 1.29 is 4.52 Å². The van der Waals surface area contributed by atoms with Gasteiger partial charge in [0, 0.05) is 31.8 Å². The molecule has 0 saturated carbocycles. The zero-order valence-corrected chi connectivity index (χ0v) is 11.8. The van der Waals surface area contributed by atoms with Gasteiger partial charge in [-0.25, -0.2) is 0 Å². The summed E-state index contributed by atoms with van der Waals surface area (Å²) in [6.07, 6.45) is 7.02. The van der Waals surface area contributed by atoms with Gasteiger partial charge in [-0.15, -0.1) is 0 Å². The largest absolute Gasteiger partial charge is 0.338 e. The minimum Gasteiger partial charge on any atom is -0.338 e. The highest BCUT2D eigenvalue weighted by Gasteiger charge is 2.09. The summed E-state index contributed by atoms with van der Waals surface area (Å²) in [5.41, 5.74) is 1.18. The van der Waals surface area contributed by atoms with E-state index in [1.54, 1.807) is 4.68 Å². The van der Waals surface area contributed by atoms with Crippen LogP contribution in [0, 0.1) is 0 Å². The first kappa shape index (κ1) is 13.7. The lowest BCUT2D eigenvalue weighted by Gasteiger charge is -2.12. The summed E-state index contributed by atoms with van der Waals surface area (Å²) in [5.74, 6) is 1.49. The molecule has 0 spiro atoms. The number of hydrogen-bond donors (Lipinski definition) is 0. The summed E-state index contributed by atoms with van der Waals surface area (Å²) in [6.45, 7) is 3.64.